The lowest BCUT2D eigenvalue weighted by atomic mass is 9.91. The van der Waals surface area contributed by atoms with Gasteiger partial charge in [-0.1, -0.05) is 78.9 Å². The molecule has 0 bridgehead atoms. The third-order valence-electron chi connectivity index (χ3n) is 5.63. The summed E-state index contributed by atoms with van der Waals surface area (Å²) < 4.78 is 5.40. The van der Waals surface area contributed by atoms with E-state index in [9.17, 15) is 14.4 Å². The van der Waals surface area contributed by atoms with Crippen molar-refractivity contribution in [2.45, 2.75) is 58.7 Å². The molecule has 2 amide bonds. The Balaban J connectivity index is 1.87. The number of ether oxygens (including phenoxy) is 1. The van der Waals surface area contributed by atoms with Gasteiger partial charge >= 0.3 is 6.09 Å². The molecule has 0 fully saturated rings. The zero-order valence-electron chi connectivity index (χ0n) is 21.3. The van der Waals surface area contributed by atoms with Gasteiger partial charge in [-0.2, -0.15) is 0 Å². The Morgan fingerprint density at radius 1 is 0.833 bits per heavy atom. The molecule has 6 nitrogen and oxygen atoms in total. The number of carbonyl (C=O) groups excluding carboxylic acids is 3. The highest BCUT2D eigenvalue weighted by Crippen LogP contribution is 2.25. The highest BCUT2D eigenvalue weighted by atomic mass is 16.5. The molecule has 0 heterocycles. The summed E-state index contributed by atoms with van der Waals surface area (Å²) in [5, 5.41) is 5.71. The largest absolute Gasteiger partial charge is 0.445 e. The summed E-state index contributed by atoms with van der Waals surface area (Å²) in [6.07, 6.45) is -0.00523. The SMILES string of the molecule is Cc1cccc([C@H](NC(=O)OCc2ccccc2)C(=O)CCc2ccccc2)c1C(=O)NC(C)(C)C. The summed E-state index contributed by atoms with van der Waals surface area (Å²) in [4.78, 5) is 39.5. The Hall–Kier alpha value is -3.93. The monoisotopic (exact) mass is 486 g/mol. The van der Waals surface area contributed by atoms with Gasteiger partial charge in [-0.25, -0.2) is 4.79 Å². The molecule has 0 saturated heterocycles. The standard InChI is InChI=1S/C30H34N2O4/c1-21-12-11-17-24(26(21)28(34)32-30(2,3)4)27(25(33)19-18-22-13-7-5-8-14-22)31-29(35)36-20-23-15-9-6-10-16-23/h5-17,27H,18-20H2,1-4H3,(H,31,35)(H,32,34)/t27-/m0/s1. The highest BCUT2D eigenvalue weighted by Gasteiger charge is 2.29. The van der Waals surface area contributed by atoms with E-state index in [2.05, 4.69) is 10.6 Å². The molecule has 0 unspecified atom stereocenters. The van der Waals surface area contributed by atoms with Crippen LogP contribution in [0.2, 0.25) is 0 Å². The Labute approximate surface area is 213 Å². The number of nitrogens with one attached hydrogen (secondary N) is 2. The Bertz CT molecular complexity index is 1180. The molecule has 3 aromatic carbocycles. The normalized spacial score (nSPS) is 11.9. The van der Waals surface area contributed by atoms with E-state index in [1.54, 1.807) is 12.1 Å². The number of benzene rings is 3. The number of rotatable bonds is 9. The van der Waals surface area contributed by atoms with E-state index in [4.69, 9.17) is 4.74 Å². The van der Waals surface area contributed by atoms with Crippen LogP contribution in [0.15, 0.2) is 78.9 Å². The molecule has 0 aliphatic carbocycles. The van der Waals surface area contributed by atoms with Gasteiger partial charge in [-0.15, -0.1) is 0 Å². The van der Waals surface area contributed by atoms with Crippen LogP contribution < -0.4 is 10.6 Å². The average Bonchev–Trinajstić information content (AvgIpc) is 2.84. The van der Waals surface area contributed by atoms with E-state index in [1.807, 2.05) is 94.4 Å². The molecule has 0 aromatic heterocycles. The van der Waals surface area contributed by atoms with Crippen LogP contribution in [0.3, 0.4) is 0 Å². The molecular formula is C30H34N2O4. The van der Waals surface area contributed by atoms with E-state index in [1.165, 1.54) is 0 Å². The minimum absolute atomic E-state index is 0.0722. The van der Waals surface area contributed by atoms with E-state index in [0.717, 1.165) is 16.7 Å². The summed E-state index contributed by atoms with van der Waals surface area (Å²) in [5.41, 5.74) is 2.94. The second kappa shape index (κ2) is 12.2. The lowest BCUT2D eigenvalue weighted by Crippen LogP contribution is -2.42. The van der Waals surface area contributed by atoms with Crippen LogP contribution in [0.5, 0.6) is 0 Å². The van der Waals surface area contributed by atoms with Crippen LogP contribution in [0.25, 0.3) is 0 Å². The van der Waals surface area contributed by atoms with Crippen LogP contribution in [0.1, 0.15) is 65.8 Å². The van der Waals surface area contributed by atoms with Crippen LogP contribution in [0, 0.1) is 6.92 Å². The summed E-state index contributed by atoms with van der Waals surface area (Å²) in [7, 11) is 0. The minimum Gasteiger partial charge on any atom is -0.445 e. The number of hydrogen-bond acceptors (Lipinski definition) is 4. The van der Waals surface area contributed by atoms with Crippen molar-refractivity contribution < 1.29 is 19.1 Å². The second-order valence-electron chi connectivity index (χ2n) is 9.83. The molecule has 0 radical (unpaired) electrons. The molecule has 0 aliphatic heterocycles. The topological polar surface area (TPSA) is 84.5 Å². The van der Waals surface area contributed by atoms with Crippen molar-refractivity contribution in [2.75, 3.05) is 0 Å². The molecule has 36 heavy (non-hydrogen) atoms. The van der Waals surface area contributed by atoms with E-state index in [-0.39, 0.29) is 24.7 Å². The zero-order valence-corrected chi connectivity index (χ0v) is 21.3. The van der Waals surface area contributed by atoms with Crippen molar-refractivity contribution in [1.82, 2.24) is 10.6 Å². The number of alkyl carbamates (subject to hydrolysis) is 1. The van der Waals surface area contributed by atoms with E-state index >= 15 is 0 Å². The summed E-state index contributed by atoms with van der Waals surface area (Å²) >= 11 is 0. The predicted octanol–water partition coefficient (Wildman–Crippen LogP) is 5.69. The molecule has 6 heteroatoms. The summed E-state index contributed by atoms with van der Waals surface area (Å²) in [5.74, 6) is -0.498. The number of amides is 2. The molecule has 1 atom stereocenters. The van der Waals surface area contributed by atoms with Gasteiger partial charge in [0, 0.05) is 17.5 Å². The highest BCUT2D eigenvalue weighted by molar-refractivity contribution is 6.00. The Kier molecular flexibility index (Phi) is 9.01. The van der Waals surface area contributed by atoms with Crippen molar-refractivity contribution in [3.63, 3.8) is 0 Å². The molecule has 0 spiro atoms. The number of Topliss-reactive ketones (excluding diaryl/α,β-unsaturated/α-hetero) is 1. The van der Waals surface area contributed by atoms with Gasteiger partial charge in [0.15, 0.2) is 5.78 Å². The van der Waals surface area contributed by atoms with Crippen molar-refractivity contribution in [3.05, 3.63) is 107 Å². The van der Waals surface area contributed by atoms with Crippen molar-refractivity contribution >= 4 is 17.8 Å². The van der Waals surface area contributed by atoms with Crippen LogP contribution in [-0.4, -0.2) is 23.3 Å². The van der Waals surface area contributed by atoms with E-state index < -0.39 is 17.7 Å². The van der Waals surface area contributed by atoms with Crippen molar-refractivity contribution in [1.29, 1.82) is 0 Å². The predicted molar refractivity (Wildman–Crippen MR) is 141 cm³/mol. The molecule has 3 rings (SSSR count). The maximum absolute atomic E-state index is 13.5. The average molecular weight is 487 g/mol. The molecule has 0 aliphatic rings. The van der Waals surface area contributed by atoms with Crippen molar-refractivity contribution in [2.24, 2.45) is 0 Å². The van der Waals surface area contributed by atoms with Gasteiger partial charge < -0.3 is 15.4 Å². The quantitative estimate of drug-likeness (QED) is 0.407. The van der Waals surface area contributed by atoms with Crippen LogP contribution in [0.4, 0.5) is 4.79 Å². The number of carbonyl (C=O) groups is 3. The van der Waals surface area contributed by atoms with Gasteiger partial charge in [-0.05, 0) is 56.4 Å². The zero-order chi connectivity index (χ0) is 26.1. The Morgan fingerprint density at radius 2 is 1.44 bits per heavy atom. The first-order valence-electron chi connectivity index (χ1n) is 12.1. The molecule has 0 saturated carbocycles. The smallest absolute Gasteiger partial charge is 0.408 e. The molecule has 2 N–H and O–H groups in total. The second-order valence-corrected chi connectivity index (χ2v) is 9.83. The molecular weight excluding hydrogens is 452 g/mol. The third-order valence-corrected chi connectivity index (χ3v) is 5.63. The maximum atomic E-state index is 13.5. The lowest BCUT2D eigenvalue weighted by molar-refractivity contribution is -0.121. The number of ketones is 1. The first-order chi connectivity index (χ1) is 17.1. The Morgan fingerprint density at radius 3 is 2.06 bits per heavy atom. The van der Waals surface area contributed by atoms with Gasteiger partial charge in [0.2, 0.25) is 0 Å². The first kappa shape index (κ1) is 26.7. The summed E-state index contributed by atoms with van der Waals surface area (Å²) in [6.45, 7) is 7.57. The fourth-order valence-corrected chi connectivity index (χ4v) is 3.92. The molecule has 188 valence electrons. The fourth-order valence-electron chi connectivity index (χ4n) is 3.92. The van der Waals surface area contributed by atoms with Crippen LogP contribution in [-0.2, 0) is 22.6 Å². The maximum Gasteiger partial charge on any atom is 0.408 e. The van der Waals surface area contributed by atoms with Gasteiger partial charge in [0.05, 0.1) is 0 Å². The van der Waals surface area contributed by atoms with Gasteiger partial charge in [0.1, 0.15) is 12.6 Å². The lowest BCUT2D eigenvalue weighted by Gasteiger charge is -2.25. The minimum atomic E-state index is -1.03. The number of aryl methyl sites for hydroxylation is 2. The third kappa shape index (κ3) is 7.80. The first-order valence-corrected chi connectivity index (χ1v) is 12.1. The van der Waals surface area contributed by atoms with Crippen molar-refractivity contribution in [3.8, 4) is 0 Å². The number of hydrogen-bond donors (Lipinski definition) is 2. The van der Waals surface area contributed by atoms with Gasteiger partial charge in [-0.3, -0.25) is 9.59 Å². The van der Waals surface area contributed by atoms with E-state index in [0.29, 0.717) is 17.5 Å². The molecule has 3 aromatic rings. The fraction of sp³-hybridized carbons (Fsp3) is 0.300. The van der Waals surface area contributed by atoms with Gasteiger partial charge in [0.25, 0.3) is 5.91 Å². The summed E-state index contributed by atoms with van der Waals surface area (Å²) in [6, 6.07) is 23.3. The van der Waals surface area contributed by atoms with Crippen LogP contribution >= 0.6 is 0 Å².